The lowest BCUT2D eigenvalue weighted by Crippen LogP contribution is -2.39. The van der Waals surface area contributed by atoms with Crippen LogP contribution in [0.4, 0.5) is 16.2 Å². The molecular weight excluding hydrogens is 523 g/mol. The highest BCUT2D eigenvalue weighted by Crippen LogP contribution is 2.45. The Labute approximate surface area is 239 Å². The van der Waals surface area contributed by atoms with Gasteiger partial charge in [0.05, 0.1) is 21.2 Å². The van der Waals surface area contributed by atoms with Crippen LogP contribution in [0.15, 0.2) is 78.6 Å². The van der Waals surface area contributed by atoms with E-state index in [9.17, 15) is 4.79 Å². The quantitative estimate of drug-likeness (QED) is 0.127. The van der Waals surface area contributed by atoms with E-state index in [1.165, 1.54) is 36.8 Å². The molecule has 0 saturated carbocycles. The second-order valence-electron chi connectivity index (χ2n) is 10.8. The van der Waals surface area contributed by atoms with Gasteiger partial charge in [0, 0.05) is 9.79 Å². The number of hydrogen-bond donors (Lipinski definition) is 0. The monoisotopic (exact) mass is 559 g/mol. The van der Waals surface area contributed by atoms with Gasteiger partial charge in [-0.2, -0.15) is 0 Å². The van der Waals surface area contributed by atoms with E-state index in [0.717, 1.165) is 56.6 Å². The minimum Gasteiger partial charge on any atom is -0.439 e. The molecule has 0 N–H and O–H groups in total. The van der Waals surface area contributed by atoms with Crippen molar-refractivity contribution in [3.63, 3.8) is 0 Å². The Bertz CT molecular complexity index is 1440. The molecule has 0 atom stereocenters. The Hall–Kier alpha value is -2.77. The van der Waals surface area contributed by atoms with Crippen LogP contribution >= 0.6 is 23.5 Å². The van der Waals surface area contributed by atoms with Crippen molar-refractivity contribution in [1.29, 1.82) is 0 Å². The molecule has 0 radical (unpaired) electrons. The summed E-state index contributed by atoms with van der Waals surface area (Å²) in [5.41, 5.74) is 4.72. The van der Waals surface area contributed by atoms with Gasteiger partial charge in [-0.1, -0.05) is 81.8 Å². The number of aromatic nitrogens is 1. The van der Waals surface area contributed by atoms with Gasteiger partial charge < -0.3 is 4.74 Å². The molecule has 0 amide bonds. The summed E-state index contributed by atoms with van der Waals surface area (Å²) >= 11 is 3.33. The summed E-state index contributed by atoms with van der Waals surface area (Å²) in [4.78, 5) is 27.9. The van der Waals surface area contributed by atoms with E-state index in [1.807, 2.05) is 13.8 Å². The maximum absolute atomic E-state index is 13.7. The molecule has 2 aromatic carbocycles. The van der Waals surface area contributed by atoms with Crippen LogP contribution in [-0.4, -0.2) is 16.3 Å². The van der Waals surface area contributed by atoms with Gasteiger partial charge in [0.25, 0.3) is 0 Å². The Kier molecular flexibility index (Phi) is 8.38. The minimum absolute atomic E-state index is 0.490. The first-order valence-corrected chi connectivity index (χ1v) is 15.7. The molecule has 0 bridgehead atoms. The first-order valence-electron chi connectivity index (χ1n) is 14.0. The van der Waals surface area contributed by atoms with Crippen molar-refractivity contribution < 1.29 is 9.53 Å². The standard InChI is InChI=1S/C32H37N3O2S2/c1-6-9-11-13-21-15-17-25-23(19-21)33-29-27(38-25)28-30(35(29)31(36)37-32(4,5)8-3)34-24-20-22(14-12-10-7-2)16-18-26(24)39-28/h8,15-20H,3,6-7,9-14H2,1-2,4-5H3. The average molecular weight is 560 g/mol. The highest BCUT2D eigenvalue weighted by Gasteiger charge is 2.31. The van der Waals surface area contributed by atoms with Gasteiger partial charge in [-0.3, -0.25) is 0 Å². The molecule has 2 aliphatic rings. The lowest BCUT2D eigenvalue weighted by molar-refractivity contribution is 0.0719. The van der Waals surface area contributed by atoms with E-state index in [1.54, 1.807) is 34.2 Å². The molecule has 3 aromatic rings. The summed E-state index contributed by atoms with van der Waals surface area (Å²) < 4.78 is 7.45. The van der Waals surface area contributed by atoms with E-state index in [-0.39, 0.29) is 0 Å². The third-order valence-electron chi connectivity index (χ3n) is 7.12. The van der Waals surface area contributed by atoms with E-state index >= 15 is 0 Å². The van der Waals surface area contributed by atoms with Crippen molar-refractivity contribution in [2.24, 2.45) is 9.98 Å². The van der Waals surface area contributed by atoms with Gasteiger partial charge in [0.1, 0.15) is 5.60 Å². The zero-order valence-corrected chi connectivity index (χ0v) is 25.0. The fourth-order valence-electron chi connectivity index (χ4n) is 4.77. The summed E-state index contributed by atoms with van der Waals surface area (Å²) in [6.07, 6.45) is 10.4. The molecule has 5 nitrogen and oxygen atoms in total. The molecule has 0 spiro atoms. The number of rotatable bonds is 10. The zero-order chi connectivity index (χ0) is 27.6. The van der Waals surface area contributed by atoms with Gasteiger partial charge in [-0.15, -0.1) is 0 Å². The van der Waals surface area contributed by atoms with E-state index in [2.05, 4.69) is 56.8 Å². The predicted molar refractivity (Wildman–Crippen MR) is 160 cm³/mol. The SMILES string of the molecule is C=CC(C)(C)OC(=O)n1c2c(c3c1=Nc1cc(CCCCC)ccc1S3)Sc1ccc(CCCCC)cc1N=2. The molecule has 0 fully saturated rings. The van der Waals surface area contributed by atoms with E-state index < -0.39 is 11.7 Å². The molecule has 7 heteroatoms. The zero-order valence-electron chi connectivity index (χ0n) is 23.4. The molecule has 0 aliphatic carbocycles. The van der Waals surface area contributed by atoms with Crippen LogP contribution in [0.1, 0.15) is 77.3 Å². The molecule has 1 aromatic heterocycles. The molecule has 2 aliphatic heterocycles. The number of carbonyl (C=O) groups is 1. The predicted octanol–water partition coefficient (Wildman–Crippen LogP) is 8.73. The summed E-state index contributed by atoms with van der Waals surface area (Å²) in [5.74, 6) is 0. The van der Waals surface area contributed by atoms with Crippen molar-refractivity contribution in [3.8, 4) is 0 Å². The molecule has 0 unspecified atom stereocenters. The van der Waals surface area contributed by atoms with Gasteiger partial charge >= 0.3 is 6.09 Å². The fraction of sp³-hybridized carbons (Fsp3) is 0.406. The lowest BCUT2D eigenvalue weighted by atomic mass is 10.1. The fourth-order valence-corrected chi connectivity index (χ4v) is 6.97. The third-order valence-corrected chi connectivity index (χ3v) is 9.56. The number of ether oxygens (including phenoxy) is 1. The van der Waals surface area contributed by atoms with Crippen LogP contribution in [-0.2, 0) is 17.6 Å². The number of nitrogens with zero attached hydrogens (tertiary/aromatic N) is 3. The number of unbranched alkanes of at least 4 members (excludes halogenated alkanes) is 4. The number of carbonyl (C=O) groups excluding carboxylic acids is 1. The number of fused-ring (bicyclic) bond motifs is 5. The maximum atomic E-state index is 13.7. The molecule has 5 rings (SSSR count). The van der Waals surface area contributed by atoms with Crippen LogP contribution in [0.25, 0.3) is 0 Å². The van der Waals surface area contributed by atoms with E-state index in [4.69, 9.17) is 14.7 Å². The second-order valence-corrected chi connectivity index (χ2v) is 12.9. The Morgan fingerprint density at radius 2 is 1.36 bits per heavy atom. The normalized spacial score (nSPS) is 13.3. The summed E-state index contributed by atoms with van der Waals surface area (Å²) in [6, 6.07) is 13.1. The van der Waals surface area contributed by atoms with Crippen LogP contribution < -0.4 is 11.0 Å². The first-order chi connectivity index (χ1) is 18.8. The number of hydrogen-bond acceptors (Lipinski definition) is 6. The first kappa shape index (κ1) is 27.8. The number of benzene rings is 2. The van der Waals surface area contributed by atoms with Gasteiger partial charge in [-0.05, 0) is 81.0 Å². The topological polar surface area (TPSA) is 56.0 Å². The largest absolute Gasteiger partial charge is 0.439 e. The van der Waals surface area contributed by atoms with Gasteiger partial charge in [0.2, 0.25) is 0 Å². The number of aryl methyl sites for hydroxylation is 2. The maximum Gasteiger partial charge on any atom is 0.422 e. The second kappa shape index (κ2) is 11.8. The minimum atomic E-state index is -0.820. The van der Waals surface area contributed by atoms with Crippen molar-refractivity contribution in [3.05, 3.63) is 71.2 Å². The highest BCUT2D eigenvalue weighted by molar-refractivity contribution is 8.02. The molecule has 3 heterocycles. The van der Waals surface area contributed by atoms with Crippen molar-refractivity contribution in [1.82, 2.24) is 4.57 Å². The van der Waals surface area contributed by atoms with Crippen LogP contribution in [0, 0.1) is 0 Å². The molecule has 0 saturated heterocycles. The highest BCUT2D eigenvalue weighted by atomic mass is 32.2. The molecule has 204 valence electrons. The van der Waals surface area contributed by atoms with Gasteiger partial charge in [0.15, 0.2) is 11.0 Å². The average Bonchev–Trinajstić information content (AvgIpc) is 3.22. The Morgan fingerprint density at radius 1 is 0.872 bits per heavy atom. The summed E-state index contributed by atoms with van der Waals surface area (Å²) in [5, 5.41) is 0. The molecule has 39 heavy (non-hydrogen) atoms. The van der Waals surface area contributed by atoms with Crippen LogP contribution in [0.2, 0.25) is 0 Å². The third kappa shape index (κ3) is 5.90. The van der Waals surface area contributed by atoms with Gasteiger partial charge in [-0.25, -0.2) is 19.3 Å². The van der Waals surface area contributed by atoms with Crippen molar-refractivity contribution in [2.45, 2.75) is 104 Å². The van der Waals surface area contributed by atoms with Crippen LogP contribution in [0.5, 0.6) is 0 Å². The van der Waals surface area contributed by atoms with Crippen molar-refractivity contribution in [2.75, 3.05) is 0 Å². The van der Waals surface area contributed by atoms with Crippen LogP contribution in [0.3, 0.4) is 0 Å². The Morgan fingerprint density at radius 3 is 1.79 bits per heavy atom. The Balaban J connectivity index is 1.63. The summed E-state index contributed by atoms with van der Waals surface area (Å²) in [6.45, 7) is 11.9. The lowest BCUT2D eigenvalue weighted by Gasteiger charge is -2.21. The summed E-state index contributed by atoms with van der Waals surface area (Å²) in [7, 11) is 0. The molecular formula is C32H37N3O2S2. The van der Waals surface area contributed by atoms with Crippen molar-refractivity contribution >= 4 is 41.0 Å². The smallest absolute Gasteiger partial charge is 0.422 e. The van der Waals surface area contributed by atoms with E-state index in [0.29, 0.717) is 11.0 Å².